The summed E-state index contributed by atoms with van der Waals surface area (Å²) in [6, 6.07) is 3.06. The second-order valence-electron chi connectivity index (χ2n) is 5.27. The van der Waals surface area contributed by atoms with Crippen molar-refractivity contribution in [3.05, 3.63) is 33.8 Å². The number of carbonyl (C=O) groups excluding carboxylic acids is 1. The Morgan fingerprint density at radius 1 is 1.43 bits per heavy atom. The maximum Gasteiger partial charge on any atom is 0.416 e. The molecule has 1 unspecified atom stereocenters. The molecule has 1 fully saturated rings. The molecule has 1 aliphatic heterocycles. The molecule has 7 heteroatoms. The summed E-state index contributed by atoms with van der Waals surface area (Å²) in [6.45, 7) is 1.68. The van der Waals surface area contributed by atoms with Crippen molar-refractivity contribution in [2.24, 2.45) is 0 Å². The highest BCUT2D eigenvalue weighted by Crippen LogP contribution is 2.31. The van der Waals surface area contributed by atoms with E-state index in [1.165, 1.54) is 6.07 Å². The zero-order valence-electron chi connectivity index (χ0n) is 11.5. The molecule has 2 rings (SSSR count). The van der Waals surface area contributed by atoms with Crippen LogP contribution in [0.1, 0.15) is 28.8 Å². The smallest absolute Gasteiger partial charge is 0.348 e. The Morgan fingerprint density at radius 3 is 2.76 bits per heavy atom. The maximum absolute atomic E-state index is 12.7. The lowest BCUT2D eigenvalue weighted by molar-refractivity contribution is -0.137. The minimum atomic E-state index is -4.46. The number of hydrogen-bond donors (Lipinski definition) is 1. The number of alkyl halides is 3. The molecular weight excluding hydrogens is 349 g/mol. The van der Waals surface area contributed by atoms with Gasteiger partial charge in [0.2, 0.25) is 0 Å². The predicted octanol–water partition coefficient (Wildman–Crippen LogP) is 3.29. The summed E-state index contributed by atoms with van der Waals surface area (Å²) in [6.07, 6.45) is -2.65. The van der Waals surface area contributed by atoms with Gasteiger partial charge in [0.1, 0.15) is 0 Å². The zero-order chi connectivity index (χ0) is 15.6. The Hall–Kier alpha value is -1.08. The molecule has 0 spiro atoms. The highest BCUT2D eigenvalue weighted by molar-refractivity contribution is 9.10. The van der Waals surface area contributed by atoms with Crippen molar-refractivity contribution in [3.8, 4) is 0 Å². The Morgan fingerprint density at radius 2 is 2.14 bits per heavy atom. The van der Waals surface area contributed by atoms with Crippen molar-refractivity contribution in [2.75, 3.05) is 20.1 Å². The topological polar surface area (TPSA) is 32.3 Å². The highest BCUT2D eigenvalue weighted by Gasteiger charge is 2.32. The second kappa shape index (κ2) is 6.36. The van der Waals surface area contributed by atoms with Gasteiger partial charge in [0.25, 0.3) is 5.91 Å². The fourth-order valence-electron chi connectivity index (χ4n) is 2.42. The molecule has 1 heterocycles. The number of likely N-dealkylation sites (tertiary alicyclic amines) is 1. The van der Waals surface area contributed by atoms with E-state index in [9.17, 15) is 18.0 Å². The van der Waals surface area contributed by atoms with E-state index < -0.39 is 17.6 Å². The Labute approximate surface area is 129 Å². The summed E-state index contributed by atoms with van der Waals surface area (Å²) in [5.41, 5.74) is -0.810. The van der Waals surface area contributed by atoms with Gasteiger partial charge in [-0.3, -0.25) is 4.79 Å². The summed E-state index contributed by atoms with van der Waals surface area (Å²) >= 11 is 3.14. The number of hydrogen-bond acceptors (Lipinski definition) is 2. The van der Waals surface area contributed by atoms with Gasteiger partial charge in [-0.15, -0.1) is 0 Å². The SMILES string of the molecule is CN1CCCC(NC(=O)c2cc(C(F)(F)F)ccc2Br)C1. The molecule has 0 aromatic heterocycles. The van der Waals surface area contributed by atoms with E-state index in [1.807, 2.05) is 7.05 Å². The van der Waals surface area contributed by atoms with Crippen molar-refractivity contribution in [3.63, 3.8) is 0 Å². The molecule has 3 nitrogen and oxygen atoms in total. The van der Waals surface area contributed by atoms with Crippen molar-refractivity contribution in [1.82, 2.24) is 10.2 Å². The molecular formula is C14H16BrF3N2O. The number of benzene rings is 1. The number of rotatable bonds is 2. The van der Waals surface area contributed by atoms with E-state index in [-0.39, 0.29) is 11.6 Å². The molecule has 1 aromatic rings. The lowest BCUT2D eigenvalue weighted by atomic mass is 10.0. The van der Waals surface area contributed by atoms with Gasteiger partial charge in [-0.2, -0.15) is 13.2 Å². The van der Waals surface area contributed by atoms with Crippen LogP contribution in [0.15, 0.2) is 22.7 Å². The molecule has 0 aliphatic carbocycles. The Kier molecular flexibility index (Phi) is 4.93. The number of halogens is 4. The monoisotopic (exact) mass is 364 g/mol. The lowest BCUT2D eigenvalue weighted by Gasteiger charge is -2.30. The summed E-state index contributed by atoms with van der Waals surface area (Å²) in [5.74, 6) is -0.478. The average molecular weight is 365 g/mol. The molecule has 1 aromatic carbocycles. The fraction of sp³-hybridized carbons (Fsp3) is 0.500. The van der Waals surface area contributed by atoms with Gasteiger partial charge < -0.3 is 10.2 Å². The first-order valence-electron chi connectivity index (χ1n) is 6.63. The first kappa shape index (κ1) is 16.3. The quantitative estimate of drug-likeness (QED) is 0.873. The molecule has 1 amide bonds. The van der Waals surface area contributed by atoms with Gasteiger partial charge in [-0.05, 0) is 60.6 Å². The van der Waals surface area contributed by atoms with Crippen LogP contribution < -0.4 is 5.32 Å². The maximum atomic E-state index is 12.7. The third-order valence-electron chi connectivity index (χ3n) is 3.50. The van der Waals surface area contributed by atoms with Gasteiger partial charge in [0, 0.05) is 17.1 Å². The van der Waals surface area contributed by atoms with Crippen LogP contribution in [0, 0.1) is 0 Å². The first-order valence-corrected chi connectivity index (χ1v) is 7.43. The predicted molar refractivity (Wildman–Crippen MR) is 77.1 cm³/mol. The van der Waals surface area contributed by atoms with Gasteiger partial charge in [0.05, 0.1) is 11.1 Å². The summed E-state index contributed by atoms with van der Waals surface area (Å²) in [7, 11) is 1.96. The lowest BCUT2D eigenvalue weighted by Crippen LogP contribution is -2.46. The van der Waals surface area contributed by atoms with Gasteiger partial charge in [-0.1, -0.05) is 0 Å². The first-order chi connectivity index (χ1) is 9.77. The van der Waals surface area contributed by atoms with Crippen LogP contribution in [0.5, 0.6) is 0 Å². The number of amides is 1. The largest absolute Gasteiger partial charge is 0.416 e. The van der Waals surface area contributed by atoms with Crippen molar-refractivity contribution in [2.45, 2.75) is 25.1 Å². The molecule has 21 heavy (non-hydrogen) atoms. The number of nitrogens with zero attached hydrogens (tertiary/aromatic N) is 1. The third-order valence-corrected chi connectivity index (χ3v) is 4.19. The van der Waals surface area contributed by atoms with Crippen LogP contribution in [-0.2, 0) is 6.18 Å². The molecule has 1 N–H and O–H groups in total. The fourth-order valence-corrected chi connectivity index (χ4v) is 2.85. The highest BCUT2D eigenvalue weighted by atomic mass is 79.9. The van der Waals surface area contributed by atoms with Crippen molar-refractivity contribution < 1.29 is 18.0 Å². The number of piperidine rings is 1. The minimum absolute atomic E-state index is 0.0121. The van der Waals surface area contributed by atoms with E-state index in [1.54, 1.807) is 0 Å². The van der Waals surface area contributed by atoms with Crippen LogP contribution in [-0.4, -0.2) is 37.0 Å². The molecule has 1 saturated heterocycles. The third kappa shape index (κ3) is 4.20. The Balaban J connectivity index is 2.15. The molecule has 116 valence electrons. The van der Waals surface area contributed by atoms with Crippen molar-refractivity contribution >= 4 is 21.8 Å². The van der Waals surface area contributed by atoms with Crippen LogP contribution >= 0.6 is 15.9 Å². The van der Waals surface area contributed by atoms with Gasteiger partial charge in [-0.25, -0.2) is 0 Å². The van der Waals surface area contributed by atoms with Crippen LogP contribution in [0.25, 0.3) is 0 Å². The van der Waals surface area contributed by atoms with E-state index in [2.05, 4.69) is 26.1 Å². The average Bonchev–Trinajstić information content (AvgIpc) is 2.37. The van der Waals surface area contributed by atoms with Gasteiger partial charge in [0.15, 0.2) is 0 Å². The van der Waals surface area contributed by atoms with E-state index in [0.29, 0.717) is 11.0 Å². The number of nitrogens with one attached hydrogen (secondary N) is 1. The van der Waals surface area contributed by atoms with E-state index in [4.69, 9.17) is 0 Å². The summed E-state index contributed by atoms with van der Waals surface area (Å²) < 4.78 is 38.5. The zero-order valence-corrected chi connectivity index (χ0v) is 13.1. The van der Waals surface area contributed by atoms with Crippen LogP contribution in [0.3, 0.4) is 0 Å². The van der Waals surface area contributed by atoms with Crippen LogP contribution in [0.2, 0.25) is 0 Å². The standard InChI is InChI=1S/C14H16BrF3N2O/c1-20-6-2-3-10(8-20)19-13(21)11-7-9(14(16,17)18)4-5-12(11)15/h4-5,7,10H,2-3,6,8H2,1H3,(H,19,21). The molecule has 0 saturated carbocycles. The van der Waals surface area contributed by atoms with Gasteiger partial charge >= 0.3 is 6.18 Å². The molecule has 1 aliphatic rings. The minimum Gasteiger partial charge on any atom is -0.348 e. The summed E-state index contributed by atoms with van der Waals surface area (Å²) in [4.78, 5) is 14.3. The van der Waals surface area contributed by atoms with E-state index >= 15 is 0 Å². The normalized spacial score (nSPS) is 20.3. The number of likely N-dealkylation sites (N-methyl/N-ethyl adjacent to an activating group) is 1. The van der Waals surface area contributed by atoms with Crippen LogP contribution in [0.4, 0.5) is 13.2 Å². The molecule has 1 atom stereocenters. The van der Waals surface area contributed by atoms with Crippen molar-refractivity contribution in [1.29, 1.82) is 0 Å². The van der Waals surface area contributed by atoms with E-state index in [0.717, 1.165) is 31.5 Å². The Bertz CT molecular complexity index is 533. The molecule has 0 radical (unpaired) electrons. The molecule has 0 bridgehead atoms. The number of carbonyl (C=O) groups is 1. The summed E-state index contributed by atoms with van der Waals surface area (Å²) in [5, 5.41) is 2.81. The second-order valence-corrected chi connectivity index (χ2v) is 6.12.